The molecular weight excluding hydrogens is 356 g/mol. The molecule has 0 saturated carbocycles. The van der Waals surface area contributed by atoms with Crippen molar-refractivity contribution in [3.63, 3.8) is 0 Å². The van der Waals surface area contributed by atoms with Gasteiger partial charge in [0.2, 0.25) is 0 Å². The second-order valence-corrected chi connectivity index (χ2v) is 6.36. The van der Waals surface area contributed by atoms with E-state index in [0.717, 1.165) is 0 Å². The Kier molecular flexibility index (Phi) is 8.12. The van der Waals surface area contributed by atoms with E-state index in [-0.39, 0.29) is 11.8 Å². The van der Waals surface area contributed by atoms with E-state index < -0.39 is 0 Å². The molecule has 0 fully saturated rings. The highest BCUT2D eigenvalue weighted by Gasteiger charge is 2.12. The average Bonchev–Trinajstić information content (AvgIpc) is 2.66. The summed E-state index contributed by atoms with van der Waals surface area (Å²) in [6, 6.07) is 9.85. The van der Waals surface area contributed by atoms with Crippen LogP contribution in [0.1, 0.15) is 34.6 Å². The van der Waals surface area contributed by atoms with Gasteiger partial charge >= 0.3 is 0 Å². The van der Waals surface area contributed by atoms with Gasteiger partial charge in [-0.15, -0.1) is 0 Å². The third kappa shape index (κ3) is 5.80. The summed E-state index contributed by atoms with van der Waals surface area (Å²) in [7, 11) is 3.38. The van der Waals surface area contributed by atoms with Gasteiger partial charge in [0.05, 0.1) is 22.7 Å². The molecule has 8 nitrogen and oxygen atoms in total. The van der Waals surface area contributed by atoms with Gasteiger partial charge in [-0.25, -0.2) is 0 Å². The monoisotopic (exact) mass is 386 g/mol. The molecule has 0 spiro atoms. The number of nitrogen functional groups attached to an aromatic ring is 4. The summed E-state index contributed by atoms with van der Waals surface area (Å²) in [5.41, 5.74) is 25.3. The number of carbonyl (C=O) groups excluding carboxylic acids is 2. The van der Waals surface area contributed by atoms with Crippen LogP contribution in [-0.4, -0.2) is 48.8 Å². The first-order valence-electron chi connectivity index (χ1n) is 8.93. The molecule has 8 heteroatoms. The van der Waals surface area contributed by atoms with E-state index in [1.165, 1.54) is 4.90 Å². The number of amides is 2. The van der Waals surface area contributed by atoms with Gasteiger partial charge in [-0.05, 0) is 50.2 Å². The fraction of sp³-hybridized carbons (Fsp3) is 0.300. The van der Waals surface area contributed by atoms with Gasteiger partial charge in [-0.3, -0.25) is 9.59 Å². The Hall–Kier alpha value is -3.42. The summed E-state index contributed by atoms with van der Waals surface area (Å²) in [6.45, 7) is 5.28. The topological polar surface area (TPSA) is 145 Å². The van der Waals surface area contributed by atoms with Gasteiger partial charge in [-0.2, -0.15) is 0 Å². The Morgan fingerprint density at radius 2 is 1.11 bits per heavy atom. The molecular formula is C20H30N6O2. The minimum atomic E-state index is -0.0771. The Bertz CT molecular complexity index is 831. The van der Waals surface area contributed by atoms with E-state index >= 15 is 0 Å². The molecule has 0 atom stereocenters. The maximum atomic E-state index is 11.9. The SMILES string of the molecule is CCN(CC)C(=O)c1ccc(N)c(N)c1.CN(C)C(=O)c1ccc(N)c(N)c1. The number of carbonyl (C=O) groups is 2. The van der Waals surface area contributed by atoms with Crippen molar-refractivity contribution in [1.82, 2.24) is 9.80 Å². The van der Waals surface area contributed by atoms with E-state index in [1.807, 2.05) is 13.8 Å². The molecule has 0 aliphatic rings. The van der Waals surface area contributed by atoms with Crippen LogP contribution in [0, 0.1) is 0 Å². The van der Waals surface area contributed by atoms with Crippen LogP contribution in [0.25, 0.3) is 0 Å². The fourth-order valence-electron chi connectivity index (χ4n) is 2.37. The predicted octanol–water partition coefficient (Wildman–Crippen LogP) is 1.89. The number of hydrogen-bond acceptors (Lipinski definition) is 6. The lowest BCUT2D eigenvalue weighted by Gasteiger charge is -2.18. The Morgan fingerprint density at radius 1 is 0.714 bits per heavy atom. The zero-order valence-corrected chi connectivity index (χ0v) is 16.9. The van der Waals surface area contributed by atoms with Gasteiger partial charge in [0.1, 0.15) is 0 Å². The second kappa shape index (κ2) is 10.1. The molecule has 0 unspecified atom stereocenters. The first kappa shape index (κ1) is 22.6. The third-order valence-corrected chi connectivity index (χ3v) is 4.12. The molecule has 0 saturated heterocycles. The second-order valence-electron chi connectivity index (χ2n) is 6.36. The number of anilines is 4. The van der Waals surface area contributed by atoms with Crippen LogP contribution >= 0.6 is 0 Å². The van der Waals surface area contributed by atoms with Crippen molar-refractivity contribution in [2.45, 2.75) is 13.8 Å². The van der Waals surface area contributed by atoms with Crippen molar-refractivity contribution >= 4 is 34.6 Å². The van der Waals surface area contributed by atoms with Crippen LogP contribution < -0.4 is 22.9 Å². The van der Waals surface area contributed by atoms with E-state index in [1.54, 1.807) is 55.4 Å². The molecule has 2 aromatic carbocycles. The van der Waals surface area contributed by atoms with Gasteiger partial charge in [-0.1, -0.05) is 0 Å². The van der Waals surface area contributed by atoms with Crippen molar-refractivity contribution in [2.75, 3.05) is 50.1 Å². The molecule has 152 valence electrons. The van der Waals surface area contributed by atoms with Crippen molar-refractivity contribution < 1.29 is 9.59 Å². The molecule has 0 heterocycles. The number of nitrogens with two attached hydrogens (primary N) is 4. The fourth-order valence-corrected chi connectivity index (χ4v) is 2.37. The number of nitrogens with zero attached hydrogens (tertiary/aromatic N) is 2. The molecule has 2 rings (SSSR count). The number of rotatable bonds is 4. The third-order valence-electron chi connectivity index (χ3n) is 4.12. The summed E-state index contributed by atoms with van der Waals surface area (Å²) < 4.78 is 0. The molecule has 0 aromatic heterocycles. The Labute approximate surface area is 166 Å². The molecule has 0 aliphatic heterocycles. The van der Waals surface area contributed by atoms with Gasteiger partial charge in [0.25, 0.3) is 11.8 Å². The Balaban J connectivity index is 0.000000283. The first-order chi connectivity index (χ1) is 13.1. The zero-order valence-electron chi connectivity index (χ0n) is 16.9. The molecule has 2 aromatic rings. The molecule has 0 aliphatic carbocycles. The molecule has 0 bridgehead atoms. The average molecular weight is 387 g/mol. The minimum Gasteiger partial charge on any atom is -0.397 e. The van der Waals surface area contributed by atoms with E-state index in [9.17, 15) is 9.59 Å². The highest BCUT2D eigenvalue weighted by molar-refractivity contribution is 5.96. The molecule has 2 amide bonds. The van der Waals surface area contributed by atoms with Crippen LogP contribution in [-0.2, 0) is 0 Å². The van der Waals surface area contributed by atoms with Crippen LogP contribution in [0.15, 0.2) is 36.4 Å². The normalized spacial score (nSPS) is 9.86. The quantitative estimate of drug-likeness (QED) is 0.590. The lowest BCUT2D eigenvalue weighted by atomic mass is 10.1. The molecule has 28 heavy (non-hydrogen) atoms. The van der Waals surface area contributed by atoms with E-state index in [0.29, 0.717) is 47.0 Å². The minimum absolute atomic E-state index is 0.00769. The maximum absolute atomic E-state index is 11.9. The van der Waals surface area contributed by atoms with Crippen LogP contribution in [0.2, 0.25) is 0 Å². The summed E-state index contributed by atoms with van der Waals surface area (Å²) in [6.07, 6.45) is 0. The number of benzene rings is 2. The summed E-state index contributed by atoms with van der Waals surface area (Å²) >= 11 is 0. The van der Waals surface area contributed by atoms with Crippen LogP contribution in [0.4, 0.5) is 22.7 Å². The van der Waals surface area contributed by atoms with Crippen molar-refractivity contribution in [1.29, 1.82) is 0 Å². The number of hydrogen-bond donors (Lipinski definition) is 4. The largest absolute Gasteiger partial charge is 0.397 e. The van der Waals surface area contributed by atoms with E-state index in [2.05, 4.69) is 0 Å². The van der Waals surface area contributed by atoms with Crippen LogP contribution in [0.5, 0.6) is 0 Å². The maximum Gasteiger partial charge on any atom is 0.253 e. The summed E-state index contributed by atoms with van der Waals surface area (Å²) in [5.74, 6) is -0.0848. The Morgan fingerprint density at radius 3 is 1.43 bits per heavy atom. The lowest BCUT2D eigenvalue weighted by Crippen LogP contribution is -2.30. The first-order valence-corrected chi connectivity index (χ1v) is 8.93. The van der Waals surface area contributed by atoms with Crippen molar-refractivity contribution in [3.05, 3.63) is 47.5 Å². The molecule has 8 N–H and O–H groups in total. The highest BCUT2D eigenvalue weighted by atomic mass is 16.2. The molecule has 0 radical (unpaired) electrons. The smallest absolute Gasteiger partial charge is 0.253 e. The lowest BCUT2D eigenvalue weighted by molar-refractivity contribution is 0.0772. The van der Waals surface area contributed by atoms with Crippen molar-refractivity contribution in [2.24, 2.45) is 0 Å². The summed E-state index contributed by atoms with van der Waals surface area (Å²) in [5, 5.41) is 0. The van der Waals surface area contributed by atoms with Gasteiger partial charge in [0, 0.05) is 38.3 Å². The van der Waals surface area contributed by atoms with E-state index in [4.69, 9.17) is 22.9 Å². The van der Waals surface area contributed by atoms with Crippen molar-refractivity contribution in [3.8, 4) is 0 Å². The highest BCUT2D eigenvalue weighted by Crippen LogP contribution is 2.17. The van der Waals surface area contributed by atoms with Gasteiger partial charge in [0.15, 0.2) is 0 Å². The van der Waals surface area contributed by atoms with Gasteiger partial charge < -0.3 is 32.7 Å². The summed E-state index contributed by atoms with van der Waals surface area (Å²) in [4.78, 5) is 26.6. The predicted molar refractivity (Wildman–Crippen MR) is 116 cm³/mol. The standard InChI is InChI=1S/C11H17N3O.C9H13N3O/c1-3-14(4-2)11(15)8-5-6-9(12)10(13)7-8;1-12(2)9(13)6-3-4-7(10)8(11)5-6/h5-7H,3-4,12-13H2,1-2H3;3-5H,10-11H2,1-2H3. The van der Waals surface area contributed by atoms with Crippen LogP contribution in [0.3, 0.4) is 0 Å². The zero-order chi connectivity index (χ0) is 21.4.